The molecule has 184 valence electrons. The smallest absolute Gasteiger partial charge is 0.338 e. The van der Waals surface area contributed by atoms with Crippen LogP contribution in [-0.4, -0.2) is 30.1 Å². The summed E-state index contributed by atoms with van der Waals surface area (Å²) in [6.45, 7) is 4.35. The molecule has 0 saturated heterocycles. The van der Waals surface area contributed by atoms with E-state index in [1.165, 1.54) is 11.7 Å². The third-order valence-electron chi connectivity index (χ3n) is 6.49. The number of hydrogen-bond donors (Lipinski definition) is 0. The summed E-state index contributed by atoms with van der Waals surface area (Å²) >= 11 is 7.70. The summed E-state index contributed by atoms with van der Waals surface area (Å²) < 4.78 is 6.80. The predicted molar refractivity (Wildman–Crippen MR) is 140 cm³/mol. The van der Waals surface area contributed by atoms with Crippen molar-refractivity contribution in [2.45, 2.75) is 32.7 Å². The van der Waals surface area contributed by atoms with Crippen LogP contribution in [-0.2, 0) is 14.3 Å². The standard InChI is InChI=1S/C27H24ClN3O4S/c1-4-5-14-30-19-13-9-7-11-17(19)21(24(30)32)23-25(33)31-22(16-10-6-8-12-18(16)28)20(26(34)35-3)15(2)29-27(31)36-23/h6-13,22H,4-5,14H2,1-3H3/b23-21-/t22-/m0/s1. The summed E-state index contributed by atoms with van der Waals surface area (Å²) in [6, 6.07) is 13.7. The molecule has 1 atom stereocenters. The molecule has 3 heterocycles. The number of para-hydroxylation sites is 1. The summed E-state index contributed by atoms with van der Waals surface area (Å²) in [7, 11) is 1.29. The monoisotopic (exact) mass is 521 g/mol. The molecular formula is C27H24ClN3O4S. The summed E-state index contributed by atoms with van der Waals surface area (Å²) in [4.78, 5) is 47.2. The number of anilines is 1. The van der Waals surface area contributed by atoms with Crippen LogP contribution in [0.2, 0.25) is 5.02 Å². The fourth-order valence-corrected chi connectivity index (χ4v) is 6.15. The van der Waals surface area contributed by atoms with Crippen molar-refractivity contribution in [1.82, 2.24) is 4.57 Å². The van der Waals surface area contributed by atoms with E-state index in [9.17, 15) is 14.4 Å². The molecule has 2 aliphatic heterocycles. The molecule has 9 heteroatoms. The molecule has 0 N–H and O–H groups in total. The number of benzene rings is 2. The quantitative estimate of drug-likeness (QED) is 0.481. The largest absolute Gasteiger partial charge is 0.466 e. The van der Waals surface area contributed by atoms with E-state index in [0.29, 0.717) is 37.7 Å². The van der Waals surface area contributed by atoms with Crippen molar-refractivity contribution >= 4 is 46.1 Å². The van der Waals surface area contributed by atoms with Gasteiger partial charge in [0.15, 0.2) is 4.80 Å². The topological polar surface area (TPSA) is 81.0 Å². The van der Waals surface area contributed by atoms with Crippen molar-refractivity contribution in [2.24, 2.45) is 4.99 Å². The first kappa shape index (κ1) is 24.2. The average molecular weight is 522 g/mol. The van der Waals surface area contributed by atoms with Crippen molar-refractivity contribution in [1.29, 1.82) is 0 Å². The maximum atomic E-state index is 14.0. The summed E-state index contributed by atoms with van der Waals surface area (Å²) in [5, 5.41) is 0.407. The van der Waals surface area contributed by atoms with E-state index in [-0.39, 0.29) is 11.5 Å². The normalized spacial score (nSPS) is 18.2. The highest BCUT2D eigenvalue weighted by atomic mass is 35.5. The molecule has 2 aromatic carbocycles. The fraction of sp³-hybridized carbons (Fsp3) is 0.259. The van der Waals surface area contributed by atoms with Gasteiger partial charge in [-0.3, -0.25) is 14.2 Å². The molecule has 36 heavy (non-hydrogen) atoms. The van der Waals surface area contributed by atoms with Crippen LogP contribution in [0.4, 0.5) is 5.69 Å². The lowest BCUT2D eigenvalue weighted by Crippen LogP contribution is -2.41. The fourth-order valence-electron chi connectivity index (χ4n) is 4.77. The summed E-state index contributed by atoms with van der Waals surface area (Å²) in [5.41, 5.74) is 2.74. The third-order valence-corrected chi connectivity index (χ3v) is 7.89. The number of fused-ring (bicyclic) bond motifs is 2. The maximum Gasteiger partial charge on any atom is 0.338 e. The van der Waals surface area contributed by atoms with Crippen LogP contribution in [0.15, 0.2) is 69.6 Å². The van der Waals surface area contributed by atoms with Crippen molar-refractivity contribution in [2.75, 3.05) is 18.6 Å². The highest BCUT2D eigenvalue weighted by molar-refractivity contribution is 7.07. The Morgan fingerprint density at radius 1 is 1.14 bits per heavy atom. The molecule has 5 rings (SSSR count). The summed E-state index contributed by atoms with van der Waals surface area (Å²) in [6.07, 6.45) is 1.79. The van der Waals surface area contributed by atoms with E-state index < -0.39 is 17.6 Å². The number of carbonyl (C=O) groups is 2. The molecule has 0 saturated carbocycles. The molecule has 7 nitrogen and oxygen atoms in total. The van der Waals surface area contributed by atoms with Crippen LogP contribution < -0.4 is 19.8 Å². The number of hydrogen-bond acceptors (Lipinski definition) is 6. The second-order valence-electron chi connectivity index (χ2n) is 8.62. The zero-order valence-electron chi connectivity index (χ0n) is 20.1. The Morgan fingerprint density at radius 2 is 1.86 bits per heavy atom. The van der Waals surface area contributed by atoms with Crippen LogP contribution in [0.3, 0.4) is 0 Å². The van der Waals surface area contributed by atoms with Gasteiger partial charge in [0.1, 0.15) is 10.6 Å². The molecule has 0 spiro atoms. The van der Waals surface area contributed by atoms with Gasteiger partial charge in [0.25, 0.3) is 11.5 Å². The van der Waals surface area contributed by atoms with Crippen molar-refractivity contribution < 1.29 is 14.3 Å². The van der Waals surface area contributed by atoms with Gasteiger partial charge < -0.3 is 9.64 Å². The van der Waals surface area contributed by atoms with Crippen LogP contribution in [0.1, 0.15) is 43.9 Å². The number of allylic oxidation sites excluding steroid dienone is 1. The first-order chi connectivity index (χ1) is 17.4. The van der Waals surface area contributed by atoms with Gasteiger partial charge in [0.2, 0.25) is 0 Å². The number of unbranched alkanes of at least 4 members (excludes halogenated alkanes) is 1. The number of thiazole rings is 1. The van der Waals surface area contributed by atoms with Gasteiger partial charge in [-0.05, 0) is 31.0 Å². The number of halogens is 1. The van der Waals surface area contributed by atoms with E-state index in [4.69, 9.17) is 16.3 Å². The molecule has 0 fully saturated rings. The lowest BCUT2D eigenvalue weighted by molar-refractivity contribution is -0.136. The predicted octanol–water partition coefficient (Wildman–Crippen LogP) is 3.58. The Balaban J connectivity index is 1.82. The van der Waals surface area contributed by atoms with Gasteiger partial charge in [-0.15, -0.1) is 0 Å². The van der Waals surface area contributed by atoms with Crippen LogP contribution in [0.25, 0.3) is 5.57 Å². The van der Waals surface area contributed by atoms with Gasteiger partial charge in [0.05, 0.1) is 29.6 Å². The number of ether oxygens (including phenoxy) is 1. The zero-order valence-corrected chi connectivity index (χ0v) is 21.7. The van der Waals surface area contributed by atoms with Crippen LogP contribution in [0.5, 0.6) is 0 Å². The number of nitrogens with zero attached hydrogens (tertiary/aromatic N) is 3. The molecule has 1 aromatic heterocycles. The van der Waals surface area contributed by atoms with Crippen molar-refractivity contribution in [3.8, 4) is 0 Å². The van der Waals surface area contributed by atoms with Gasteiger partial charge in [-0.25, -0.2) is 9.79 Å². The van der Waals surface area contributed by atoms with E-state index in [1.807, 2.05) is 24.3 Å². The third kappa shape index (κ3) is 3.72. The Hall–Kier alpha value is -3.49. The van der Waals surface area contributed by atoms with Gasteiger partial charge in [-0.2, -0.15) is 0 Å². The minimum atomic E-state index is -0.834. The minimum absolute atomic E-state index is 0.201. The number of aromatic nitrogens is 1. The first-order valence-corrected chi connectivity index (χ1v) is 12.9. The first-order valence-electron chi connectivity index (χ1n) is 11.7. The Morgan fingerprint density at radius 3 is 2.58 bits per heavy atom. The number of esters is 1. The highest BCUT2D eigenvalue weighted by Gasteiger charge is 2.37. The molecule has 1 amide bonds. The number of amides is 1. The highest BCUT2D eigenvalue weighted by Crippen LogP contribution is 2.36. The Kier molecular flexibility index (Phi) is 6.40. The second kappa shape index (κ2) is 9.52. The Labute approximate surface area is 216 Å². The molecule has 0 bridgehead atoms. The average Bonchev–Trinajstić information content (AvgIpc) is 3.34. The number of methoxy groups -OCH3 is 1. The van der Waals surface area contributed by atoms with E-state index >= 15 is 0 Å². The van der Waals surface area contributed by atoms with E-state index in [2.05, 4.69) is 11.9 Å². The second-order valence-corrected chi connectivity index (χ2v) is 10.0. The number of rotatable bonds is 5. The molecule has 0 unspecified atom stereocenters. The maximum absolute atomic E-state index is 14.0. The molecule has 3 aromatic rings. The minimum Gasteiger partial charge on any atom is -0.466 e. The molecule has 0 radical (unpaired) electrons. The molecule has 0 aliphatic carbocycles. The van der Waals surface area contributed by atoms with Crippen molar-refractivity contribution in [3.05, 3.63) is 95.6 Å². The SMILES string of the molecule is CCCCN1C(=O)/C(=c2\sc3n(c2=O)[C@@H](c2ccccc2Cl)C(C(=O)OC)=C(C)N=3)c2ccccc21. The van der Waals surface area contributed by atoms with Crippen LogP contribution in [0, 0.1) is 0 Å². The lowest BCUT2D eigenvalue weighted by Gasteiger charge is -2.25. The molecule has 2 aliphatic rings. The van der Waals surface area contributed by atoms with E-state index in [1.54, 1.807) is 36.1 Å². The summed E-state index contributed by atoms with van der Waals surface area (Å²) in [5.74, 6) is -0.791. The van der Waals surface area contributed by atoms with Crippen LogP contribution >= 0.6 is 22.9 Å². The molecular weight excluding hydrogens is 498 g/mol. The zero-order chi connectivity index (χ0) is 25.6. The number of carbonyl (C=O) groups excluding carboxylic acids is 2. The lowest BCUT2D eigenvalue weighted by atomic mass is 9.96. The van der Waals surface area contributed by atoms with Gasteiger partial charge in [0, 0.05) is 17.1 Å². The van der Waals surface area contributed by atoms with Gasteiger partial charge in [-0.1, -0.05) is 72.7 Å². The Bertz CT molecular complexity index is 1620. The van der Waals surface area contributed by atoms with Crippen molar-refractivity contribution in [3.63, 3.8) is 0 Å². The van der Waals surface area contributed by atoms with Gasteiger partial charge >= 0.3 is 5.97 Å². The van der Waals surface area contributed by atoms with E-state index in [0.717, 1.165) is 35.4 Å².